The first-order chi connectivity index (χ1) is 12.0. The topological polar surface area (TPSA) is 57.7 Å². The monoisotopic (exact) mass is 392 g/mol. The molecule has 150 valence electrons. The molecule has 8 heteroatoms. The standard InChI is InChI=1S/C18H30F2N2O3S/c1-4-18(19,20)17(2,3)12-26(24,25)21-10-9-15-13(11-21)5-8-16(23)22(15)14-6-7-14/h13-15H,4-12H2,1-3H3. The largest absolute Gasteiger partial charge is 0.336 e. The average molecular weight is 393 g/mol. The zero-order chi connectivity index (χ0) is 19.3. The molecule has 0 bridgehead atoms. The summed E-state index contributed by atoms with van der Waals surface area (Å²) >= 11 is 0. The van der Waals surface area contributed by atoms with Gasteiger partial charge >= 0.3 is 0 Å². The first-order valence-corrected chi connectivity index (χ1v) is 11.3. The molecule has 0 aromatic carbocycles. The smallest absolute Gasteiger partial charge is 0.253 e. The van der Waals surface area contributed by atoms with Crippen molar-refractivity contribution in [3.8, 4) is 0 Å². The van der Waals surface area contributed by atoms with E-state index in [1.165, 1.54) is 25.1 Å². The fourth-order valence-corrected chi connectivity index (χ4v) is 6.58. The van der Waals surface area contributed by atoms with Crippen molar-refractivity contribution >= 4 is 15.9 Å². The van der Waals surface area contributed by atoms with Crippen molar-refractivity contribution in [3.05, 3.63) is 0 Å². The summed E-state index contributed by atoms with van der Waals surface area (Å²) in [6.07, 6.45) is 3.46. The molecule has 3 fully saturated rings. The van der Waals surface area contributed by atoms with Crippen LogP contribution in [0.4, 0.5) is 8.78 Å². The van der Waals surface area contributed by atoms with E-state index in [4.69, 9.17) is 0 Å². The van der Waals surface area contributed by atoms with Crippen molar-refractivity contribution in [3.63, 3.8) is 0 Å². The minimum Gasteiger partial charge on any atom is -0.336 e. The Morgan fingerprint density at radius 1 is 1.15 bits per heavy atom. The Labute approximate surface area is 155 Å². The third-order valence-corrected chi connectivity index (χ3v) is 8.55. The van der Waals surface area contributed by atoms with Gasteiger partial charge in [-0.1, -0.05) is 20.8 Å². The maximum atomic E-state index is 14.2. The molecule has 0 aromatic rings. The minimum absolute atomic E-state index is 0.111. The van der Waals surface area contributed by atoms with E-state index >= 15 is 0 Å². The average Bonchev–Trinajstić information content (AvgIpc) is 3.37. The Hall–Kier alpha value is -0.760. The molecule has 2 aliphatic heterocycles. The van der Waals surface area contributed by atoms with Crippen LogP contribution in [0, 0.1) is 11.3 Å². The summed E-state index contributed by atoms with van der Waals surface area (Å²) in [5, 5.41) is 0. The lowest BCUT2D eigenvalue weighted by Crippen LogP contribution is -2.58. The van der Waals surface area contributed by atoms with E-state index in [-0.39, 0.29) is 24.3 Å². The van der Waals surface area contributed by atoms with Crippen LogP contribution >= 0.6 is 0 Å². The van der Waals surface area contributed by atoms with E-state index in [9.17, 15) is 22.0 Å². The normalized spacial score (nSPS) is 29.0. The number of nitrogens with zero attached hydrogens (tertiary/aromatic N) is 2. The number of piperidine rings is 2. The summed E-state index contributed by atoms with van der Waals surface area (Å²) in [5.74, 6) is -3.28. The van der Waals surface area contributed by atoms with Gasteiger partial charge in [-0.05, 0) is 31.6 Å². The predicted octanol–water partition coefficient (Wildman–Crippen LogP) is 2.86. The molecule has 1 aliphatic carbocycles. The number of hydrogen-bond acceptors (Lipinski definition) is 3. The first-order valence-electron chi connectivity index (χ1n) is 9.65. The zero-order valence-electron chi connectivity index (χ0n) is 15.9. The van der Waals surface area contributed by atoms with Gasteiger partial charge in [0.05, 0.1) is 5.75 Å². The molecule has 26 heavy (non-hydrogen) atoms. The molecule has 2 atom stereocenters. The molecular weight excluding hydrogens is 362 g/mol. The van der Waals surface area contributed by atoms with Crippen LogP contribution in [0.2, 0.25) is 0 Å². The number of alkyl halides is 2. The lowest BCUT2D eigenvalue weighted by molar-refractivity contribution is -0.141. The van der Waals surface area contributed by atoms with Gasteiger partial charge in [-0.2, -0.15) is 0 Å². The van der Waals surface area contributed by atoms with Crippen molar-refractivity contribution < 1.29 is 22.0 Å². The van der Waals surface area contributed by atoms with Crippen LogP contribution in [0.15, 0.2) is 0 Å². The highest BCUT2D eigenvalue weighted by Crippen LogP contribution is 2.42. The number of carbonyl (C=O) groups is 1. The van der Waals surface area contributed by atoms with Crippen molar-refractivity contribution in [2.75, 3.05) is 18.8 Å². The Bertz CT molecular complexity index is 661. The lowest BCUT2D eigenvalue weighted by atomic mass is 9.84. The lowest BCUT2D eigenvalue weighted by Gasteiger charge is -2.47. The second-order valence-corrected chi connectivity index (χ2v) is 10.7. The molecule has 3 rings (SSSR count). The number of sulfonamides is 1. The second kappa shape index (κ2) is 6.69. The van der Waals surface area contributed by atoms with Gasteiger partial charge in [0.2, 0.25) is 15.9 Å². The molecule has 5 nitrogen and oxygen atoms in total. The van der Waals surface area contributed by atoms with Crippen LogP contribution in [-0.2, 0) is 14.8 Å². The number of likely N-dealkylation sites (tertiary alicyclic amines) is 1. The Morgan fingerprint density at radius 3 is 2.38 bits per heavy atom. The van der Waals surface area contributed by atoms with Gasteiger partial charge in [-0.15, -0.1) is 0 Å². The third kappa shape index (κ3) is 3.63. The van der Waals surface area contributed by atoms with Crippen LogP contribution < -0.4 is 0 Å². The number of rotatable bonds is 6. The third-order valence-electron chi connectivity index (χ3n) is 6.34. The number of carbonyl (C=O) groups excluding carboxylic acids is 1. The van der Waals surface area contributed by atoms with Crippen LogP contribution in [0.1, 0.15) is 59.3 Å². The molecule has 1 saturated carbocycles. The Kier molecular flexibility index (Phi) is 5.14. The molecule has 3 aliphatic rings. The molecule has 0 aromatic heterocycles. The van der Waals surface area contributed by atoms with Crippen molar-refractivity contribution in [2.24, 2.45) is 11.3 Å². The zero-order valence-corrected chi connectivity index (χ0v) is 16.7. The number of hydrogen-bond donors (Lipinski definition) is 0. The van der Waals surface area contributed by atoms with Crippen molar-refractivity contribution in [2.45, 2.75) is 77.3 Å². The Balaban J connectivity index is 1.70. The SMILES string of the molecule is CCC(F)(F)C(C)(C)CS(=O)(=O)N1CCC2C(CCC(=O)N2C2CC2)C1. The van der Waals surface area contributed by atoms with Gasteiger partial charge in [0, 0.05) is 43.4 Å². The molecular formula is C18H30F2N2O3S. The number of amides is 1. The molecule has 1 amide bonds. The van der Waals surface area contributed by atoms with Crippen LogP contribution in [-0.4, -0.2) is 60.4 Å². The summed E-state index contributed by atoms with van der Waals surface area (Å²) in [4.78, 5) is 14.2. The van der Waals surface area contributed by atoms with Gasteiger partial charge < -0.3 is 4.90 Å². The molecule has 2 heterocycles. The summed E-state index contributed by atoms with van der Waals surface area (Å²) in [6, 6.07) is 0.445. The molecule has 0 N–H and O–H groups in total. The van der Waals surface area contributed by atoms with Gasteiger partial charge in [0.1, 0.15) is 0 Å². The van der Waals surface area contributed by atoms with E-state index in [0.717, 1.165) is 12.8 Å². The van der Waals surface area contributed by atoms with Crippen LogP contribution in [0.3, 0.4) is 0 Å². The van der Waals surface area contributed by atoms with E-state index < -0.39 is 27.1 Å². The molecule has 0 radical (unpaired) electrons. The quantitative estimate of drug-likeness (QED) is 0.698. The van der Waals surface area contributed by atoms with Crippen molar-refractivity contribution in [1.82, 2.24) is 9.21 Å². The van der Waals surface area contributed by atoms with E-state index in [1.54, 1.807) is 0 Å². The van der Waals surface area contributed by atoms with Gasteiger partial charge in [-0.25, -0.2) is 21.5 Å². The summed E-state index contributed by atoms with van der Waals surface area (Å²) < 4.78 is 55.4. The summed E-state index contributed by atoms with van der Waals surface area (Å²) in [5.41, 5.74) is -1.61. The van der Waals surface area contributed by atoms with Gasteiger partial charge in [0.25, 0.3) is 5.92 Å². The highest BCUT2D eigenvalue weighted by atomic mass is 32.2. The highest BCUT2D eigenvalue weighted by molar-refractivity contribution is 7.89. The van der Waals surface area contributed by atoms with E-state index in [2.05, 4.69) is 0 Å². The summed E-state index contributed by atoms with van der Waals surface area (Å²) in [6.45, 7) is 4.69. The number of fused-ring (bicyclic) bond motifs is 1. The maximum absolute atomic E-state index is 14.2. The second-order valence-electron chi connectivity index (χ2n) is 8.74. The van der Waals surface area contributed by atoms with Gasteiger partial charge in [-0.3, -0.25) is 4.79 Å². The maximum Gasteiger partial charge on any atom is 0.253 e. The van der Waals surface area contributed by atoms with E-state index in [0.29, 0.717) is 38.4 Å². The molecule has 2 unspecified atom stereocenters. The highest BCUT2D eigenvalue weighted by Gasteiger charge is 2.51. The molecule has 2 saturated heterocycles. The van der Waals surface area contributed by atoms with Gasteiger partial charge in [0.15, 0.2) is 0 Å². The Morgan fingerprint density at radius 2 is 1.81 bits per heavy atom. The predicted molar refractivity (Wildman–Crippen MR) is 95.4 cm³/mol. The number of halogens is 2. The minimum atomic E-state index is -3.77. The van der Waals surface area contributed by atoms with Crippen LogP contribution in [0.25, 0.3) is 0 Å². The first kappa shape index (κ1) is 20.0. The van der Waals surface area contributed by atoms with Crippen molar-refractivity contribution in [1.29, 1.82) is 0 Å². The van der Waals surface area contributed by atoms with Crippen LogP contribution in [0.5, 0.6) is 0 Å². The molecule has 0 spiro atoms. The fourth-order valence-electron chi connectivity index (χ4n) is 4.47. The fraction of sp³-hybridized carbons (Fsp3) is 0.944. The van der Waals surface area contributed by atoms with E-state index in [1.807, 2.05) is 4.90 Å². The summed E-state index contributed by atoms with van der Waals surface area (Å²) in [7, 11) is -3.77.